The molecule has 2 aromatic rings. The van der Waals surface area contributed by atoms with Crippen molar-refractivity contribution in [3.8, 4) is 0 Å². The second-order valence-electron chi connectivity index (χ2n) is 4.49. The lowest BCUT2D eigenvalue weighted by atomic mass is 10.1. The molecule has 0 bridgehead atoms. The third-order valence-electron chi connectivity index (χ3n) is 3.10. The molecule has 1 aromatic heterocycles. The molecule has 5 nitrogen and oxygen atoms in total. The van der Waals surface area contributed by atoms with Crippen LogP contribution in [0.5, 0.6) is 0 Å². The van der Waals surface area contributed by atoms with Gasteiger partial charge in [0.15, 0.2) is 5.58 Å². The van der Waals surface area contributed by atoms with Crippen molar-refractivity contribution in [2.45, 2.75) is 25.2 Å². The van der Waals surface area contributed by atoms with Gasteiger partial charge in [-0.25, -0.2) is 4.98 Å². The van der Waals surface area contributed by atoms with E-state index >= 15 is 0 Å². The van der Waals surface area contributed by atoms with Crippen LogP contribution in [0.4, 0.5) is 5.69 Å². The Kier molecular flexibility index (Phi) is 1.64. The zero-order chi connectivity index (χ0) is 11.3. The van der Waals surface area contributed by atoms with Crippen LogP contribution in [-0.2, 0) is 5.41 Å². The van der Waals surface area contributed by atoms with E-state index in [4.69, 9.17) is 4.42 Å². The third kappa shape index (κ3) is 1.28. The highest BCUT2D eigenvalue weighted by Gasteiger charge is 2.43. The van der Waals surface area contributed by atoms with Crippen LogP contribution in [0.15, 0.2) is 22.6 Å². The van der Waals surface area contributed by atoms with E-state index < -0.39 is 4.92 Å². The predicted octanol–water partition coefficient (Wildman–Crippen LogP) is 2.79. The van der Waals surface area contributed by atoms with Crippen molar-refractivity contribution < 1.29 is 9.34 Å². The van der Waals surface area contributed by atoms with E-state index in [0.717, 1.165) is 12.8 Å². The van der Waals surface area contributed by atoms with Crippen molar-refractivity contribution >= 4 is 16.8 Å². The molecule has 3 rings (SSSR count). The number of benzene rings is 1. The summed E-state index contributed by atoms with van der Waals surface area (Å²) in [6.07, 6.45) is 2.14. The molecule has 5 heteroatoms. The molecule has 0 N–H and O–H groups in total. The second-order valence-corrected chi connectivity index (χ2v) is 4.49. The minimum atomic E-state index is -0.430. The van der Waals surface area contributed by atoms with Gasteiger partial charge < -0.3 is 4.42 Å². The topological polar surface area (TPSA) is 69.2 Å². The number of nitrogens with zero attached hydrogens (tertiary/aromatic N) is 2. The lowest BCUT2D eigenvalue weighted by molar-refractivity contribution is -0.384. The minimum absolute atomic E-state index is 0.0381. The molecule has 1 saturated carbocycles. The monoisotopic (exact) mass is 218 g/mol. The summed E-state index contributed by atoms with van der Waals surface area (Å²) >= 11 is 0. The van der Waals surface area contributed by atoms with Crippen molar-refractivity contribution in [3.63, 3.8) is 0 Å². The standard InChI is InChI=1S/C11H10N2O3/c1-11(4-5-11)10-12-8-3-2-7(13(14)15)6-9(8)16-10/h2-3,6H,4-5H2,1H3. The lowest BCUT2D eigenvalue weighted by Crippen LogP contribution is -1.98. The summed E-state index contributed by atoms with van der Waals surface area (Å²) in [4.78, 5) is 14.5. The molecule has 0 saturated heterocycles. The average molecular weight is 218 g/mol. The summed E-state index contributed by atoms with van der Waals surface area (Å²) < 4.78 is 5.57. The van der Waals surface area contributed by atoms with Gasteiger partial charge in [-0.2, -0.15) is 0 Å². The molecule has 1 fully saturated rings. The SMILES string of the molecule is CC1(c2nc3ccc([N+](=O)[O-])cc3o2)CC1. The summed E-state index contributed by atoms with van der Waals surface area (Å²) in [5, 5.41) is 10.6. The van der Waals surface area contributed by atoms with E-state index in [1.54, 1.807) is 6.07 Å². The highest BCUT2D eigenvalue weighted by atomic mass is 16.6. The van der Waals surface area contributed by atoms with Gasteiger partial charge in [-0.3, -0.25) is 10.1 Å². The molecule has 0 amide bonds. The van der Waals surface area contributed by atoms with Gasteiger partial charge >= 0.3 is 0 Å². The van der Waals surface area contributed by atoms with E-state index in [0.29, 0.717) is 17.0 Å². The van der Waals surface area contributed by atoms with E-state index in [-0.39, 0.29) is 11.1 Å². The van der Waals surface area contributed by atoms with Gasteiger partial charge in [0.05, 0.1) is 11.0 Å². The first-order chi connectivity index (χ1) is 7.58. The van der Waals surface area contributed by atoms with E-state index in [1.807, 2.05) is 0 Å². The van der Waals surface area contributed by atoms with Crippen LogP contribution in [0.25, 0.3) is 11.1 Å². The zero-order valence-electron chi connectivity index (χ0n) is 8.77. The number of nitro benzene ring substituents is 1. The highest BCUT2D eigenvalue weighted by Crippen LogP contribution is 2.47. The number of nitro groups is 1. The van der Waals surface area contributed by atoms with Crippen molar-refractivity contribution in [2.75, 3.05) is 0 Å². The first kappa shape index (κ1) is 9.33. The summed E-state index contributed by atoms with van der Waals surface area (Å²) in [5.41, 5.74) is 1.27. The molecule has 1 aromatic carbocycles. The van der Waals surface area contributed by atoms with Crippen molar-refractivity contribution in [1.82, 2.24) is 4.98 Å². The Labute approximate surface area is 91.2 Å². The summed E-state index contributed by atoms with van der Waals surface area (Å²) in [6.45, 7) is 2.09. The van der Waals surface area contributed by atoms with Crippen LogP contribution in [0.3, 0.4) is 0 Å². The van der Waals surface area contributed by atoms with Crippen molar-refractivity contribution in [3.05, 3.63) is 34.2 Å². The maximum Gasteiger partial charge on any atom is 0.273 e. The molecule has 82 valence electrons. The van der Waals surface area contributed by atoms with Gasteiger partial charge in [0.25, 0.3) is 5.69 Å². The molecular weight excluding hydrogens is 208 g/mol. The molecule has 0 aliphatic heterocycles. The molecule has 0 spiro atoms. The molecular formula is C11H10N2O3. The van der Waals surface area contributed by atoms with Crippen LogP contribution >= 0.6 is 0 Å². The molecule has 0 unspecified atom stereocenters. The van der Waals surface area contributed by atoms with Crippen LogP contribution in [0, 0.1) is 10.1 Å². The Hall–Kier alpha value is -1.91. The number of rotatable bonds is 2. The Morgan fingerprint density at radius 2 is 2.25 bits per heavy atom. The lowest BCUT2D eigenvalue weighted by Gasteiger charge is -1.98. The van der Waals surface area contributed by atoms with Crippen LogP contribution in [0.2, 0.25) is 0 Å². The van der Waals surface area contributed by atoms with Crippen LogP contribution in [0.1, 0.15) is 25.7 Å². The van der Waals surface area contributed by atoms with Gasteiger partial charge in [0, 0.05) is 11.5 Å². The minimum Gasteiger partial charge on any atom is -0.440 e. The van der Waals surface area contributed by atoms with Crippen molar-refractivity contribution in [1.29, 1.82) is 0 Å². The van der Waals surface area contributed by atoms with Gasteiger partial charge in [-0.15, -0.1) is 0 Å². The average Bonchev–Trinajstić information content (AvgIpc) is 2.86. The number of hydrogen-bond acceptors (Lipinski definition) is 4. The van der Waals surface area contributed by atoms with Crippen molar-refractivity contribution in [2.24, 2.45) is 0 Å². The summed E-state index contributed by atoms with van der Waals surface area (Å²) in [7, 11) is 0. The fourth-order valence-corrected chi connectivity index (χ4v) is 1.69. The van der Waals surface area contributed by atoms with E-state index in [1.165, 1.54) is 12.1 Å². The molecule has 0 radical (unpaired) electrons. The fourth-order valence-electron chi connectivity index (χ4n) is 1.69. The summed E-state index contributed by atoms with van der Waals surface area (Å²) in [6, 6.07) is 4.51. The number of aromatic nitrogens is 1. The molecule has 1 aliphatic carbocycles. The van der Waals surface area contributed by atoms with Crippen LogP contribution < -0.4 is 0 Å². The fraction of sp³-hybridized carbons (Fsp3) is 0.364. The first-order valence-electron chi connectivity index (χ1n) is 5.14. The Morgan fingerprint density at radius 3 is 2.88 bits per heavy atom. The smallest absolute Gasteiger partial charge is 0.273 e. The summed E-state index contributed by atoms with van der Waals surface area (Å²) in [5.74, 6) is 0.697. The third-order valence-corrected chi connectivity index (χ3v) is 3.10. The van der Waals surface area contributed by atoms with Gasteiger partial charge in [0.2, 0.25) is 5.89 Å². The van der Waals surface area contributed by atoms with Gasteiger partial charge in [0.1, 0.15) is 5.52 Å². The van der Waals surface area contributed by atoms with Gasteiger partial charge in [-0.05, 0) is 18.9 Å². The Morgan fingerprint density at radius 1 is 1.50 bits per heavy atom. The molecule has 16 heavy (non-hydrogen) atoms. The predicted molar refractivity (Wildman–Crippen MR) is 57.2 cm³/mol. The van der Waals surface area contributed by atoms with Crippen LogP contribution in [-0.4, -0.2) is 9.91 Å². The molecule has 1 heterocycles. The maximum absolute atomic E-state index is 10.6. The number of fused-ring (bicyclic) bond motifs is 1. The molecule has 1 aliphatic rings. The number of hydrogen-bond donors (Lipinski definition) is 0. The zero-order valence-corrected chi connectivity index (χ0v) is 8.77. The second kappa shape index (κ2) is 2.81. The quantitative estimate of drug-likeness (QED) is 0.574. The largest absolute Gasteiger partial charge is 0.440 e. The molecule has 0 atom stereocenters. The van der Waals surface area contributed by atoms with E-state index in [9.17, 15) is 10.1 Å². The Balaban J connectivity index is 2.14. The normalized spacial score (nSPS) is 17.6. The maximum atomic E-state index is 10.6. The first-order valence-corrected chi connectivity index (χ1v) is 5.14. The number of oxazole rings is 1. The van der Waals surface area contributed by atoms with Gasteiger partial charge in [-0.1, -0.05) is 6.92 Å². The Bertz CT molecular complexity index is 584. The van der Waals surface area contributed by atoms with E-state index in [2.05, 4.69) is 11.9 Å². The number of non-ortho nitro benzene ring substituents is 1. The highest BCUT2D eigenvalue weighted by molar-refractivity contribution is 5.75.